The summed E-state index contributed by atoms with van der Waals surface area (Å²) in [7, 11) is 0. The van der Waals surface area contributed by atoms with Crippen molar-refractivity contribution in [1.29, 1.82) is 0 Å². The van der Waals surface area contributed by atoms with Crippen molar-refractivity contribution in [2.24, 2.45) is 0 Å². The van der Waals surface area contributed by atoms with Crippen LogP contribution in [-0.4, -0.2) is 24.0 Å². The number of hydrogen-bond donors (Lipinski definition) is 2. The van der Waals surface area contributed by atoms with Crippen molar-refractivity contribution < 1.29 is 4.79 Å². The molecule has 0 radical (unpaired) electrons. The number of amides is 1. The summed E-state index contributed by atoms with van der Waals surface area (Å²) in [5.74, 6) is -0.0665. The van der Waals surface area contributed by atoms with Crippen LogP contribution >= 0.6 is 11.6 Å². The molecule has 1 amide bonds. The van der Waals surface area contributed by atoms with Gasteiger partial charge in [0.15, 0.2) is 0 Å². The number of fused-ring (bicyclic) bond motifs is 1. The summed E-state index contributed by atoms with van der Waals surface area (Å²) < 4.78 is 0. The molecule has 0 bridgehead atoms. The fourth-order valence-electron chi connectivity index (χ4n) is 2.46. The summed E-state index contributed by atoms with van der Waals surface area (Å²) in [4.78, 5) is 16.4. The van der Waals surface area contributed by atoms with Crippen molar-refractivity contribution in [3.05, 3.63) is 70.9 Å². The largest absolute Gasteiger partial charge is 0.383 e. The SMILES string of the molecule is Cc1ccc(C(=O)NCCNc2ccnc3cc(Cl)ccc23)cc1. The molecule has 0 spiro atoms. The molecule has 0 fully saturated rings. The highest BCUT2D eigenvalue weighted by molar-refractivity contribution is 6.31. The molecular weight excluding hydrogens is 322 g/mol. The second-order valence-electron chi connectivity index (χ2n) is 5.57. The summed E-state index contributed by atoms with van der Waals surface area (Å²) >= 11 is 5.99. The van der Waals surface area contributed by atoms with E-state index in [0.29, 0.717) is 23.7 Å². The Hall–Kier alpha value is -2.59. The molecule has 4 nitrogen and oxygen atoms in total. The lowest BCUT2D eigenvalue weighted by molar-refractivity contribution is 0.0955. The molecule has 1 aromatic heterocycles. The normalized spacial score (nSPS) is 10.6. The van der Waals surface area contributed by atoms with Gasteiger partial charge >= 0.3 is 0 Å². The van der Waals surface area contributed by atoms with E-state index in [1.807, 2.05) is 55.5 Å². The maximum Gasteiger partial charge on any atom is 0.251 e. The zero-order valence-electron chi connectivity index (χ0n) is 13.3. The molecule has 0 saturated heterocycles. The smallest absolute Gasteiger partial charge is 0.251 e. The Morgan fingerprint density at radius 2 is 1.88 bits per heavy atom. The number of nitrogens with one attached hydrogen (secondary N) is 2. The van der Waals surface area contributed by atoms with Gasteiger partial charge in [0.2, 0.25) is 0 Å². The van der Waals surface area contributed by atoms with Crippen LogP contribution in [0.3, 0.4) is 0 Å². The van der Waals surface area contributed by atoms with E-state index in [-0.39, 0.29) is 5.91 Å². The molecule has 2 N–H and O–H groups in total. The quantitative estimate of drug-likeness (QED) is 0.690. The van der Waals surface area contributed by atoms with E-state index in [9.17, 15) is 4.79 Å². The molecule has 0 unspecified atom stereocenters. The summed E-state index contributed by atoms with van der Waals surface area (Å²) in [6, 6.07) is 15.1. The van der Waals surface area contributed by atoms with E-state index in [0.717, 1.165) is 22.2 Å². The third kappa shape index (κ3) is 3.84. The van der Waals surface area contributed by atoms with Crippen LogP contribution in [0.4, 0.5) is 5.69 Å². The Kier molecular flexibility index (Phi) is 4.96. The van der Waals surface area contributed by atoms with Crippen molar-refractivity contribution in [2.45, 2.75) is 6.92 Å². The number of aromatic nitrogens is 1. The minimum Gasteiger partial charge on any atom is -0.383 e. The number of carbonyl (C=O) groups excluding carboxylic acids is 1. The third-order valence-corrected chi connectivity index (χ3v) is 3.98. The van der Waals surface area contributed by atoms with Crippen LogP contribution < -0.4 is 10.6 Å². The number of hydrogen-bond acceptors (Lipinski definition) is 3. The van der Waals surface area contributed by atoms with Crippen molar-refractivity contribution in [2.75, 3.05) is 18.4 Å². The zero-order valence-corrected chi connectivity index (χ0v) is 14.1. The molecule has 0 aliphatic carbocycles. The molecule has 3 aromatic rings. The van der Waals surface area contributed by atoms with Crippen LogP contribution in [0.1, 0.15) is 15.9 Å². The second-order valence-corrected chi connectivity index (χ2v) is 6.01. The number of rotatable bonds is 5. The topological polar surface area (TPSA) is 54.0 Å². The van der Waals surface area contributed by atoms with Gasteiger partial charge in [0.05, 0.1) is 5.52 Å². The maximum atomic E-state index is 12.1. The van der Waals surface area contributed by atoms with Crippen molar-refractivity contribution in [3.63, 3.8) is 0 Å². The predicted molar refractivity (Wildman–Crippen MR) is 98.8 cm³/mol. The van der Waals surface area contributed by atoms with Gasteiger partial charge in [-0.3, -0.25) is 9.78 Å². The molecule has 122 valence electrons. The van der Waals surface area contributed by atoms with Crippen molar-refractivity contribution in [3.8, 4) is 0 Å². The lowest BCUT2D eigenvalue weighted by Crippen LogP contribution is -2.28. The van der Waals surface area contributed by atoms with Crippen molar-refractivity contribution >= 4 is 34.1 Å². The van der Waals surface area contributed by atoms with Crippen LogP contribution in [0.2, 0.25) is 5.02 Å². The first-order chi connectivity index (χ1) is 11.6. The highest BCUT2D eigenvalue weighted by Crippen LogP contribution is 2.24. The monoisotopic (exact) mass is 339 g/mol. The molecule has 24 heavy (non-hydrogen) atoms. The Morgan fingerprint density at radius 1 is 1.08 bits per heavy atom. The maximum absolute atomic E-state index is 12.1. The van der Waals surface area contributed by atoms with Gasteiger partial charge in [0.1, 0.15) is 0 Å². The third-order valence-electron chi connectivity index (χ3n) is 3.74. The Labute approximate surface area is 145 Å². The minimum atomic E-state index is -0.0665. The first-order valence-electron chi connectivity index (χ1n) is 7.76. The summed E-state index contributed by atoms with van der Waals surface area (Å²) in [5.41, 5.74) is 3.62. The van der Waals surface area contributed by atoms with E-state index < -0.39 is 0 Å². The van der Waals surface area contributed by atoms with E-state index in [1.54, 1.807) is 6.20 Å². The molecule has 2 aromatic carbocycles. The summed E-state index contributed by atoms with van der Waals surface area (Å²) in [5, 5.41) is 7.90. The van der Waals surface area contributed by atoms with E-state index in [2.05, 4.69) is 15.6 Å². The number of pyridine rings is 1. The molecule has 0 saturated carbocycles. The number of nitrogens with zero attached hydrogens (tertiary/aromatic N) is 1. The first kappa shape index (κ1) is 16.3. The number of carbonyl (C=O) groups is 1. The van der Waals surface area contributed by atoms with Gasteiger partial charge < -0.3 is 10.6 Å². The van der Waals surface area contributed by atoms with Crippen LogP contribution in [0.25, 0.3) is 10.9 Å². The number of benzene rings is 2. The highest BCUT2D eigenvalue weighted by atomic mass is 35.5. The molecule has 0 aliphatic heterocycles. The van der Waals surface area contributed by atoms with Gasteiger partial charge in [-0.2, -0.15) is 0 Å². The molecule has 5 heteroatoms. The summed E-state index contributed by atoms with van der Waals surface area (Å²) in [6.07, 6.45) is 1.74. The molecule has 3 rings (SSSR count). The number of halogens is 1. The molecule has 0 atom stereocenters. The van der Waals surface area contributed by atoms with Gasteiger partial charge in [-0.25, -0.2) is 0 Å². The van der Waals surface area contributed by atoms with Gasteiger partial charge in [0, 0.05) is 40.9 Å². The Bertz CT molecular complexity index is 862. The standard InChI is InChI=1S/C19H18ClN3O/c1-13-2-4-14(5-3-13)19(24)23-11-10-22-17-8-9-21-18-12-15(20)6-7-16(17)18/h2-9,12H,10-11H2,1H3,(H,21,22)(H,23,24). The van der Waals surface area contributed by atoms with Crippen LogP contribution in [0.15, 0.2) is 54.7 Å². The van der Waals surface area contributed by atoms with Gasteiger partial charge in [-0.05, 0) is 43.3 Å². The molecule has 1 heterocycles. The van der Waals surface area contributed by atoms with E-state index in [1.165, 1.54) is 0 Å². The zero-order chi connectivity index (χ0) is 16.9. The van der Waals surface area contributed by atoms with E-state index >= 15 is 0 Å². The van der Waals surface area contributed by atoms with Crippen LogP contribution in [-0.2, 0) is 0 Å². The Balaban J connectivity index is 1.57. The number of anilines is 1. The average Bonchev–Trinajstić information content (AvgIpc) is 2.59. The van der Waals surface area contributed by atoms with E-state index in [4.69, 9.17) is 11.6 Å². The average molecular weight is 340 g/mol. The van der Waals surface area contributed by atoms with Crippen LogP contribution in [0, 0.1) is 6.92 Å². The van der Waals surface area contributed by atoms with Gasteiger partial charge in [-0.15, -0.1) is 0 Å². The fourth-order valence-corrected chi connectivity index (χ4v) is 2.62. The Morgan fingerprint density at radius 3 is 2.67 bits per heavy atom. The molecular formula is C19H18ClN3O. The second kappa shape index (κ2) is 7.32. The van der Waals surface area contributed by atoms with Crippen LogP contribution in [0.5, 0.6) is 0 Å². The highest BCUT2D eigenvalue weighted by Gasteiger charge is 2.05. The van der Waals surface area contributed by atoms with Crippen molar-refractivity contribution in [1.82, 2.24) is 10.3 Å². The lowest BCUT2D eigenvalue weighted by Gasteiger charge is -2.10. The van der Waals surface area contributed by atoms with Gasteiger partial charge in [-0.1, -0.05) is 29.3 Å². The van der Waals surface area contributed by atoms with Gasteiger partial charge in [0.25, 0.3) is 5.91 Å². The minimum absolute atomic E-state index is 0.0665. The summed E-state index contributed by atoms with van der Waals surface area (Å²) in [6.45, 7) is 3.15. The fraction of sp³-hybridized carbons (Fsp3) is 0.158. The first-order valence-corrected chi connectivity index (χ1v) is 8.14. The number of aryl methyl sites for hydroxylation is 1. The molecule has 0 aliphatic rings. The lowest BCUT2D eigenvalue weighted by atomic mass is 10.1. The predicted octanol–water partition coefficient (Wildman–Crippen LogP) is 4.04.